The van der Waals surface area contributed by atoms with E-state index in [1.807, 2.05) is 6.92 Å². The number of hydrogen-bond donors (Lipinski definition) is 1. The molecule has 2 heteroatoms. The van der Waals surface area contributed by atoms with E-state index in [9.17, 15) is 0 Å². The summed E-state index contributed by atoms with van der Waals surface area (Å²) >= 11 is 0. The summed E-state index contributed by atoms with van der Waals surface area (Å²) in [7, 11) is 0. The molecule has 1 aromatic rings. The molecule has 1 unspecified atom stereocenters. The molecule has 2 rings (SSSR count). The summed E-state index contributed by atoms with van der Waals surface area (Å²) in [6.45, 7) is 11.4. The van der Waals surface area contributed by atoms with Crippen molar-refractivity contribution in [3.63, 3.8) is 0 Å². The van der Waals surface area contributed by atoms with Crippen LogP contribution in [0.5, 0.6) is 0 Å². The Morgan fingerprint density at radius 3 is 2.12 bits per heavy atom. The van der Waals surface area contributed by atoms with Crippen LogP contribution in [0.25, 0.3) is 0 Å². The Balaban J connectivity index is 1.98. The second-order valence-corrected chi connectivity index (χ2v) is 6.35. The highest BCUT2D eigenvalue weighted by Crippen LogP contribution is 2.36. The molecule has 1 aliphatic heterocycles. The molecule has 0 saturated carbocycles. The zero-order valence-corrected chi connectivity index (χ0v) is 11.4. The van der Waals surface area contributed by atoms with E-state index in [0.29, 0.717) is 5.41 Å². The zero-order valence-electron chi connectivity index (χ0n) is 11.4. The minimum Gasteiger partial charge on any atom is -0.371 e. The molecule has 0 bridgehead atoms. The van der Waals surface area contributed by atoms with Crippen molar-refractivity contribution in [1.29, 1.82) is 0 Å². The number of nitrogens with two attached hydrogens (primary N) is 1. The van der Waals surface area contributed by atoms with E-state index in [0.717, 1.165) is 5.92 Å². The molecule has 94 valence electrons. The van der Waals surface area contributed by atoms with Crippen LogP contribution in [-0.4, -0.2) is 13.1 Å². The minimum atomic E-state index is 0.128. The van der Waals surface area contributed by atoms with Gasteiger partial charge in [0.15, 0.2) is 0 Å². The van der Waals surface area contributed by atoms with Gasteiger partial charge in [0.05, 0.1) is 0 Å². The van der Waals surface area contributed by atoms with Gasteiger partial charge in [-0.1, -0.05) is 32.9 Å². The van der Waals surface area contributed by atoms with Crippen molar-refractivity contribution >= 4 is 5.69 Å². The van der Waals surface area contributed by atoms with E-state index in [1.54, 1.807) is 0 Å². The zero-order chi connectivity index (χ0) is 12.6. The Bertz CT molecular complexity index is 367. The third-order valence-corrected chi connectivity index (χ3v) is 3.89. The van der Waals surface area contributed by atoms with Crippen molar-refractivity contribution in [2.75, 3.05) is 18.0 Å². The molecule has 2 N–H and O–H groups in total. The van der Waals surface area contributed by atoms with Crippen molar-refractivity contribution in [3.05, 3.63) is 29.8 Å². The van der Waals surface area contributed by atoms with Crippen molar-refractivity contribution in [2.45, 2.75) is 33.7 Å². The highest BCUT2D eigenvalue weighted by atomic mass is 15.2. The Morgan fingerprint density at radius 1 is 1.18 bits per heavy atom. The van der Waals surface area contributed by atoms with Crippen molar-refractivity contribution in [2.24, 2.45) is 17.1 Å². The van der Waals surface area contributed by atoms with Crippen LogP contribution in [0, 0.1) is 11.3 Å². The Labute approximate surface area is 105 Å². The molecule has 0 aromatic heterocycles. The maximum Gasteiger partial charge on any atom is 0.0366 e. The Kier molecular flexibility index (Phi) is 3.17. The second-order valence-electron chi connectivity index (χ2n) is 6.35. The normalized spacial score (nSPS) is 19.0. The number of anilines is 1. The molecule has 1 heterocycles. The molecular formula is C15H24N2. The van der Waals surface area contributed by atoms with E-state index < -0.39 is 0 Å². The van der Waals surface area contributed by atoms with Crippen LogP contribution in [0.2, 0.25) is 0 Å². The Hall–Kier alpha value is -1.02. The molecule has 17 heavy (non-hydrogen) atoms. The van der Waals surface area contributed by atoms with Crippen molar-refractivity contribution in [1.82, 2.24) is 0 Å². The largest absolute Gasteiger partial charge is 0.371 e. The molecule has 0 radical (unpaired) electrons. The van der Waals surface area contributed by atoms with Gasteiger partial charge in [-0.05, 0) is 36.0 Å². The average Bonchev–Trinajstić information content (AvgIpc) is 2.13. The van der Waals surface area contributed by atoms with Crippen LogP contribution in [0.3, 0.4) is 0 Å². The highest BCUT2D eigenvalue weighted by Gasteiger charge is 2.35. The summed E-state index contributed by atoms with van der Waals surface area (Å²) in [6.07, 6.45) is 0. The lowest BCUT2D eigenvalue weighted by atomic mass is 9.76. The van der Waals surface area contributed by atoms with Gasteiger partial charge >= 0.3 is 0 Å². The fraction of sp³-hybridized carbons (Fsp3) is 0.600. The van der Waals surface area contributed by atoms with Crippen LogP contribution in [0.1, 0.15) is 39.3 Å². The lowest BCUT2D eigenvalue weighted by molar-refractivity contribution is 0.195. The van der Waals surface area contributed by atoms with Crippen LogP contribution < -0.4 is 10.6 Å². The topological polar surface area (TPSA) is 29.3 Å². The van der Waals surface area contributed by atoms with Gasteiger partial charge in [-0.15, -0.1) is 0 Å². The molecule has 1 aliphatic rings. The van der Waals surface area contributed by atoms with Gasteiger partial charge in [0, 0.05) is 24.8 Å². The molecule has 2 nitrogen and oxygen atoms in total. The average molecular weight is 232 g/mol. The van der Waals surface area contributed by atoms with Crippen molar-refractivity contribution < 1.29 is 0 Å². The first-order valence-electron chi connectivity index (χ1n) is 6.48. The summed E-state index contributed by atoms with van der Waals surface area (Å²) in [5.41, 5.74) is 8.82. The third kappa shape index (κ3) is 2.63. The van der Waals surface area contributed by atoms with Gasteiger partial charge in [0.25, 0.3) is 0 Å². The fourth-order valence-electron chi connectivity index (χ4n) is 2.23. The van der Waals surface area contributed by atoms with Crippen molar-refractivity contribution in [3.8, 4) is 0 Å². The molecule has 0 amide bonds. The first kappa shape index (κ1) is 12.4. The summed E-state index contributed by atoms with van der Waals surface area (Å²) < 4.78 is 0. The first-order valence-corrected chi connectivity index (χ1v) is 6.48. The second kappa shape index (κ2) is 4.34. The van der Waals surface area contributed by atoms with Crippen LogP contribution in [0.4, 0.5) is 5.69 Å². The van der Waals surface area contributed by atoms with E-state index in [2.05, 4.69) is 49.9 Å². The summed E-state index contributed by atoms with van der Waals surface area (Å²) in [5, 5.41) is 0. The number of hydrogen-bond acceptors (Lipinski definition) is 2. The van der Waals surface area contributed by atoms with Gasteiger partial charge in [-0.25, -0.2) is 0 Å². The molecule has 1 atom stereocenters. The quantitative estimate of drug-likeness (QED) is 0.848. The van der Waals surface area contributed by atoms with Crippen LogP contribution in [-0.2, 0) is 0 Å². The van der Waals surface area contributed by atoms with Crippen LogP contribution >= 0.6 is 0 Å². The Morgan fingerprint density at radius 2 is 1.71 bits per heavy atom. The predicted molar refractivity (Wildman–Crippen MR) is 74.2 cm³/mol. The maximum atomic E-state index is 5.85. The first-order chi connectivity index (χ1) is 7.88. The molecule has 0 aliphatic carbocycles. The summed E-state index contributed by atoms with van der Waals surface area (Å²) in [6, 6.07) is 8.80. The summed E-state index contributed by atoms with van der Waals surface area (Å²) in [4.78, 5) is 2.45. The van der Waals surface area contributed by atoms with E-state index in [1.165, 1.54) is 24.3 Å². The minimum absolute atomic E-state index is 0.128. The lowest BCUT2D eigenvalue weighted by Crippen LogP contribution is -2.52. The van der Waals surface area contributed by atoms with Gasteiger partial charge < -0.3 is 10.6 Å². The molecule has 0 spiro atoms. The smallest absolute Gasteiger partial charge is 0.0366 e. The standard InChI is InChI=1S/C15H24N2/c1-11(16)12-5-7-14(8-6-12)17-9-13(10-17)15(2,3)4/h5-8,11,13H,9-10,16H2,1-4H3. The van der Waals surface area contributed by atoms with E-state index in [-0.39, 0.29) is 6.04 Å². The van der Waals surface area contributed by atoms with Gasteiger partial charge in [-0.2, -0.15) is 0 Å². The van der Waals surface area contributed by atoms with E-state index in [4.69, 9.17) is 5.73 Å². The van der Waals surface area contributed by atoms with Gasteiger partial charge in [0.1, 0.15) is 0 Å². The highest BCUT2D eigenvalue weighted by molar-refractivity contribution is 5.50. The van der Waals surface area contributed by atoms with Crippen LogP contribution in [0.15, 0.2) is 24.3 Å². The number of nitrogens with zero attached hydrogens (tertiary/aromatic N) is 1. The SMILES string of the molecule is CC(N)c1ccc(N2CC(C(C)(C)C)C2)cc1. The molecule has 1 saturated heterocycles. The lowest BCUT2D eigenvalue weighted by Gasteiger charge is -2.47. The van der Waals surface area contributed by atoms with Gasteiger partial charge in [-0.3, -0.25) is 0 Å². The molecule has 1 fully saturated rings. The third-order valence-electron chi connectivity index (χ3n) is 3.89. The van der Waals surface area contributed by atoms with E-state index >= 15 is 0 Å². The number of benzene rings is 1. The summed E-state index contributed by atoms with van der Waals surface area (Å²) in [5.74, 6) is 0.815. The fourth-order valence-corrected chi connectivity index (χ4v) is 2.23. The van der Waals surface area contributed by atoms with Gasteiger partial charge in [0.2, 0.25) is 0 Å². The molecular weight excluding hydrogens is 208 g/mol. The number of rotatable bonds is 2. The predicted octanol–water partition coefficient (Wildman–Crippen LogP) is 3.19. The monoisotopic (exact) mass is 232 g/mol. The molecule has 1 aromatic carbocycles. The maximum absolute atomic E-state index is 5.85.